The number of carbonyl (C=O) groups is 4. The summed E-state index contributed by atoms with van der Waals surface area (Å²) in [5.74, 6) is 0.0692. The Hall–Kier alpha value is -4.87. The van der Waals surface area contributed by atoms with E-state index in [1.807, 2.05) is 42.5 Å². The van der Waals surface area contributed by atoms with Crippen LogP contribution in [0.4, 0.5) is 11.6 Å². The van der Waals surface area contributed by atoms with Gasteiger partial charge in [-0.25, -0.2) is 14.8 Å². The number of likely N-dealkylation sites (tertiary alicyclic amines) is 1. The maximum absolute atomic E-state index is 12.5. The highest BCUT2D eigenvalue weighted by Gasteiger charge is 2.34. The number of benzene rings is 1. The summed E-state index contributed by atoms with van der Waals surface area (Å²) >= 11 is 0. The first-order valence-electron chi connectivity index (χ1n) is 14.4. The second kappa shape index (κ2) is 14.7. The van der Waals surface area contributed by atoms with Crippen LogP contribution in [0.3, 0.4) is 0 Å². The molecule has 45 heavy (non-hydrogen) atoms. The first-order chi connectivity index (χ1) is 21.2. The van der Waals surface area contributed by atoms with Crippen LogP contribution in [0.1, 0.15) is 53.5 Å². The van der Waals surface area contributed by atoms with E-state index in [1.165, 1.54) is 12.3 Å². The second-order valence-corrected chi connectivity index (χ2v) is 10.9. The number of aryl methyl sites for hydroxylation is 2. The van der Waals surface area contributed by atoms with E-state index in [2.05, 4.69) is 20.6 Å². The number of carbonyl (C=O) groups excluding carboxylic acids is 3. The number of nitrogens with one attached hydrogen (secondary N) is 2. The zero-order valence-electron chi connectivity index (χ0n) is 24.4. The molecule has 6 rings (SSSR count). The number of anilines is 2. The molecule has 1 saturated heterocycles. The maximum Gasteiger partial charge on any atom is 0.328 e. The Morgan fingerprint density at radius 1 is 0.800 bits per heavy atom. The SMILES string of the molecule is Cl.O=C(O)/C=C/c1cnc2c(c1)CCC(=O)N2.O=C1CCc2cc(/C=C/C(=O)N3CCC(O)(c4ccccc4)CC3)cnc2N1. The fourth-order valence-electron chi connectivity index (χ4n) is 5.31. The maximum atomic E-state index is 12.5. The third-order valence-electron chi connectivity index (χ3n) is 7.78. The summed E-state index contributed by atoms with van der Waals surface area (Å²) in [4.78, 5) is 55.5. The third-order valence-corrected chi connectivity index (χ3v) is 7.78. The van der Waals surface area contributed by atoms with Gasteiger partial charge >= 0.3 is 5.97 Å². The van der Waals surface area contributed by atoms with Gasteiger partial charge in [-0.3, -0.25) is 14.4 Å². The lowest BCUT2D eigenvalue weighted by atomic mass is 9.84. The van der Waals surface area contributed by atoms with Crippen molar-refractivity contribution < 1.29 is 29.4 Å². The number of aliphatic carboxylic acids is 1. The number of carboxylic acids is 1. The number of carboxylic acid groups (broad SMARTS) is 1. The van der Waals surface area contributed by atoms with E-state index in [9.17, 15) is 24.3 Å². The van der Waals surface area contributed by atoms with E-state index in [-0.39, 0.29) is 30.1 Å². The fraction of sp³-hybridized carbons (Fsp3) is 0.273. The summed E-state index contributed by atoms with van der Waals surface area (Å²) in [5.41, 5.74) is 3.52. The molecule has 1 aromatic carbocycles. The fourth-order valence-corrected chi connectivity index (χ4v) is 5.31. The first-order valence-corrected chi connectivity index (χ1v) is 14.4. The standard InChI is InChI=1S/C22H23N3O3.C11H10N2O3.ClH/c26-19-8-7-17-14-16(15-23-21(17)24-19)6-9-20(27)25-12-10-22(28,11-13-25)18-4-2-1-3-5-18;14-9-3-2-8-5-7(1-4-10(15)16)6-12-11(8)13-9;/h1-6,9,14-15,28H,7-8,10-13H2,(H,23,24,26);1,4-6H,2-3H2,(H,15,16)(H,12,13,14);1H/b9-6+;4-1+;. The zero-order valence-corrected chi connectivity index (χ0v) is 25.3. The molecule has 0 aliphatic carbocycles. The first kappa shape index (κ1) is 33.0. The number of fused-ring (bicyclic) bond motifs is 2. The van der Waals surface area contributed by atoms with Gasteiger partial charge in [-0.05, 0) is 77.8 Å². The van der Waals surface area contributed by atoms with Crippen LogP contribution in [0.15, 0.2) is 67.0 Å². The molecule has 1 fully saturated rings. The third kappa shape index (κ3) is 8.62. The van der Waals surface area contributed by atoms with Gasteiger partial charge in [0.2, 0.25) is 17.7 Å². The van der Waals surface area contributed by atoms with Crippen molar-refractivity contribution in [3.8, 4) is 0 Å². The van der Waals surface area contributed by atoms with Crippen molar-refractivity contribution in [2.75, 3.05) is 23.7 Å². The largest absolute Gasteiger partial charge is 0.478 e. The van der Waals surface area contributed by atoms with E-state index >= 15 is 0 Å². The van der Waals surface area contributed by atoms with Gasteiger partial charge in [-0.1, -0.05) is 30.3 Å². The summed E-state index contributed by atoms with van der Waals surface area (Å²) in [7, 11) is 0. The summed E-state index contributed by atoms with van der Waals surface area (Å²) < 4.78 is 0. The number of pyridine rings is 2. The lowest BCUT2D eigenvalue weighted by Gasteiger charge is -2.38. The van der Waals surface area contributed by atoms with Crippen LogP contribution in [0.2, 0.25) is 0 Å². The molecule has 2 aromatic heterocycles. The molecule has 3 aliphatic heterocycles. The Balaban J connectivity index is 0.000000231. The topological polar surface area (TPSA) is 162 Å². The Labute approximate surface area is 266 Å². The van der Waals surface area contributed by atoms with Crippen molar-refractivity contribution in [3.63, 3.8) is 0 Å². The molecule has 0 unspecified atom stereocenters. The molecule has 3 amide bonds. The summed E-state index contributed by atoms with van der Waals surface area (Å²) in [5, 5.41) is 24.8. The number of halogens is 1. The van der Waals surface area contributed by atoms with Crippen LogP contribution in [-0.2, 0) is 37.6 Å². The van der Waals surface area contributed by atoms with Gasteiger partial charge in [0.25, 0.3) is 0 Å². The molecule has 0 radical (unpaired) electrons. The average Bonchev–Trinajstić information content (AvgIpc) is 3.03. The Kier molecular flexibility index (Phi) is 10.8. The molecule has 12 heteroatoms. The highest BCUT2D eigenvalue weighted by atomic mass is 35.5. The van der Waals surface area contributed by atoms with Crippen molar-refractivity contribution in [2.45, 2.75) is 44.1 Å². The van der Waals surface area contributed by atoms with Crippen LogP contribution < -0.4 is 10.6 Å². The van der Waals surface area contributed by atoms with Gasteiger partial charge in [-0.2, -0.15) is 0 Å². The van der Waals surface area contributed by atoms with Gasteiger partial charge in [0.15, 0.2) is 0 Å². The Morgan fingerprint density at radius 3 is 1.82 bits per heavy atom. The summed E-state index contributed by atoms with van der Waals surface area (Å²) in [6.45, 7) is 1.03. The minimum Gasteiger partial charge on any atom is -0.478 e. The molecular weight excluding hydrogens is 598 g/mol. The Bertz CT molecular complexity index is 1630. The molecule has 234 valence electrons. The predicted octanol–water partition coefficient (Wildman–Crippen LogP) is 3.98. The van der Waals surface area contributed by atoms with Gasteiger partial charge in [0, 0.05) is 50.5 Å². The van der Waals surface area contributed by atoms with Crippen molar-refractivity contribution in [3.05, 3.63) is 94.8 Å². The van der Waals surface area contributed by atoms with Crippen molar-refractivity contribution in [2.24, 2.45) is 0 Å². The second-order valence-electron chi connectivity index (χ2n) is 10.9. The summed E-state index contributed by atoms with van der Waals surface area (Å²) in [6, 6.07) is 13.4. The predicted molar refractivity (Wildman–Crippen MR) is 171 cm³/mol. The molecule has 4 N–H and O–H groups in total. The van der Waals surface area contributed by atoms with Crippen molar-refractivity contribution >= 4 is 59.9 Å². The highest BCUT2D eigenvalue weighted by Crippen LogP contribution is 2.32. The van der Waals surface area contributed by atoms with E-state index in [4.69, 9.17) is 5.11 Å². The van der Waals surface area contributed by atoms with E-state index in [0.29, 0.717) is 63.3 Å². The zero-order chi connectivity index (χ0) is 31.1. The number of hydrogen-bond donors (Lipinski definition) is 4. The number of aromatic nitrogens is 2. The number of piperidine rings is 1. The van der Waals surface area contributed by atoms with Crippen molar-refractivity contribution in [1.29, 1.82) is 0 Å². The van der Waals surface area contributed by atoms with Gasteiger partial charge < -0.3 is 25.7 Å². The molecule has 0 saturated carbocycles. The van der Waals surface area contributed by atoms with E-state index in [1.54, 1.807) is 23.2 Å². The number of hydrogen-bond acceptors (Lipinski definition) is 7. The minimum atomic E-state index is -0.994. The smallest absolute Gasteiger partial charge is 0.328 e. The normalized spacial score (nSPS) is 16.8. The lowest BCUT2D eigenvalue weighted by molar-refractivity contribution is -0.132. The van der Waals surface area contributed by atoms with E-state index in [0.717, 1.165) is 33.9 Å². The average molecular weight is 632 g/mol. The molecule has 0 bridgehead atoms. The highest BCUT2D eigenvalue weighted by molar-refractivity contribution is 5.94. The number of amides is 3. The quantitative estimate of drug-likeness (QED) is 0.308. The van der Waals surface area contributed by atoms with Crippen LogP contribution >= 0.6 is 12.4 Å². The number of aliphatic hydroxyl groups is 1. The molecule has 5 heterocycles. The van der Waals surface area contributed by atoms with Gasteiger partial charge in [0.05, 0.1) is 5.60 Å². The molecule has 11 nitrogen and oxygen atoms in total. The minimum absolute atomic E-state index is 0. The van der Waals surface area contributed by atoms with Crippen LogP contribution in [0.5, 0.6) is 0 Å². The Morgan fingerprint density at radius 2 is 1.31 bits per heavy atom. The monoisotopic (exact) mass is 631 g/mol. The molecule has 0 atom stereocenters. The van der Waals surface area contributed by atoms with E-state index < -0.39 is 11.6 Å². The molecule has 3 aliphatic rings. The molecule has 3 aromatic rings. The van der Waals surface area contributed by atoms with Gasteiger partial charge in [0.1, 0.15) is 11.6 Å². The van der Waals surface area contributed by atoms with Gasteiger partial charge in [-0.15, -0.1) is 12.4 Å². The van der Waals surface area contributed by atoms with Crippen molar-refractivity contribution in [1.82, 2.24) is 14.9 Å². The van der Waals surface area contributed by atoms with Crippen LogP contribution in [0, 0.1) is 0 Å². The number of rotatable bonds is 5. The lowest BCUT2D eigenvalue weighted by Crippen LogP contribution is -2.44. The molecular formula is C33H34ClN5O6. The summed E-state index contributed by atoms with van der Waals surface area (Å²) in [6.07, 6.45) is 12.3. The molecule has 0 spiro atoms. The van der Waals surface area contributed by atoms with Crippen LogP contribution in [-0.4, -0.2) is 61.9 Å². The number of nitrogens with zero attached hydrogens (tertiary/aromatic N) is 3. The van der Waals surface area contributed by atoms with Crippen LogP contribution in [0.25, 0.3) is 12.2 Å².